The highest BCUT2D eigenvalue weighted by atomic mass is 16.7. The second-order valence-electron chi connectivity index (χ2n) is 5.91. The zero-order valence-electron chi connectivity index (χ0n) is 14.4. The van der Waals surface area contributed by atoms with Gasteiger partial charge in [-0.3, -0.25) is 0 Å². The molecule has 0 bridgehead atoms. The first-order chi connectivity index (χ1) is 13.3. The van der Waals surface area contributed by atoms with Crippen LogP contribution in [0.2, 0.25) is 0 Å². The van der Waals surface area contributed by atoms with Gasteiger partial charge in [-0.1, -0.05) is 0 Å². The molecule has 1 aromatic carbocycles. The number of hydrogen-bond donors (Lipinski definition) is 1. The molecule has 0 fully saturated rings. The van der Waals surface area contributed by atoms with E-state index in [2.05, 4.69) is 20.4 Å². The zero-order chi connectivity index (χ0) is 18.2. The van der Waals surface area contributed by atoms with E-state index >= 15 is 0 Å². The Morgan fingerprint density at radius 1 is 1.00 bits per heavy atom. The summed E-state index contributed by atoms with van der Waals surface area (Å²) in [6.45, 7) is 0.245. The van der Waals surface area contributed by atoms with Gasteiger partial charge in [0, 0.05) is 29.6 Å². The number of methoxy groups -OCH3 is 1. The first kappa shape index (κ1) is 15.4. The SMILES string of the molecule is COc1ccc(-c2ccc3ncc(Nc4ccc5c(c4)OCO5)n3n2)cn1. The molecule has 0 spiro atoms. The Hall–Kier alpha value is -3.81. The predicted molar refractivity (Wildman–Crippen MR) is 98.6 cm³/mol. The second kappa shape index (κ2) is 6.17. The van der Waals surface area contributed by atoms with Crippen LogP contribution in [-0.4, -0.2) is 33.5 Å². The number of pyridine rings is 1. The minimum atomic E-state index is 0.245. The van der Waals surface area contributed by atoms with Crippen molar-refractivity contribution in [2.45, 2.75) is 0 Å². The van der Waals surface area contributed by atoms with Gasteiger partial charge in [0.15, 0.2) is 23.0 Å². The molecule has 1 aliphatic rings. The summed E-state index contributed by atoms with van der Waals surface area (Å²) in [6, 6.07) is 13.2. The number of ether oxygens (including phenoxy) is 3. The Balaban J connectivity index is 1.49. The van der Waals surface area contributed by atoms with Crippen LogP contribution >= 0.6 is 0 Å². The Morgan fingerprint density at radius 3 is 2.78 bits per heavy atom. The van der Waals surface area contributed by atoms with Gasteiger partial charge in [-0.05, 0) is 30.3 Å². The molecule has 5 rings (SSSR count). The summed E-state index contributed by atoms with van der Waals surface area (Å²) in [6.07, 6.45) is 3.47. The third-order valence-electron chi connectivity index (χ3n) is 4.25. The van der Waals surface area contributed by atoms with Crippen molar-refractivity contribution >= 4 is 17.2 Å². The van der Waals surface area contributed by atoms with Crippen LogP contribution in [0.3, 0.4) is 0 Å². The molecule has 0 unspecified atom stereocenters. The van der Waals surface area contributed by atoms with Crippen LogP contribution in [0.5, 0.6) is 17.4 Å². The first-order valence-corrected chi connectivity index (χ1v) is 8.32. The number of benzene rings is 1. The van der Waals surface area contributed by atoms with Gasteiger partial charge in [0.25, 0.3) is 0 Å². The van der Waals surface area contributed by atoms with Crippen LogP contribution in [0.4, 0.5) is 11.5 Å². The highest BCUT2D eigenvalue weighted by Crippen LogP contribution is 2.35. The lowest BCUT2D eigenvalue weighted by Crippen LogP contribution is -2.00. The molecule has 0 aliphatic carbocycles. The van der Waals surface area contributed by atoms with E-state index < -0.39 is 0 Å². The molecule has 134 valence electrons. The normalized spacial score (nSPS) is 12.3. The van der Waals surface area contributed by atoms with Crippen LogP contribution in [-0.2, 0) is 0 Å². The van der Waals surface area contributed by atoms with Gasteiger partial charge in [-0.25, -0.2) is 9.97 Å². The Labute approximate surface area is 154 Å². The van der Waals surface area contributed by atoms with Crippen LogP contribution in [0.1, 0.15) is 0 Å². The van der Waals surface area contributed by atoms with Crippen LogP contribution in [0, 0.1) is 0 Å². The first-order valence-electron chi connectivity index (χ1n) is 8.32. The fraction of sp³-hybridized carbons (Fsp3) is 0.105. The second-order valence-corrected chi connectivity index (χ2v) is 5.91. The summed E-state index contributed by atoms with van der Waals surface area (Å²) in [5.41, 5.74) is 3.27. The topological polar surface area (TPSA) is 82.8 Å². The fourth-order valence-corrected chi connectivity index (χ4v) is 2.89. The molecule has 0 saturated heterocycles. The maximum absolute atomic E-state index is 5.42. The van der Waals surface area contributed by atoms with Gasteiger partial charge < -0.3 is 19.5 Å². The number of nitrogens with one attached hydrogen (secondary N) is 1. The molecule has 1 N–H and O–H groups in total. The Morgan fingerprint density at radius 2 is 1.93 bits per heavy atom. The summed E-state index contributed by atoms with van der Waals surface area (Å²) >= 11 is 0. The largest absolute Gasteiger partial charge is 0.481 e. The number of anilines is 2. The lowest BCUT2D eigenvalue weighted by Gasteiger charge is -2.08. The molecule has 1 aliphatic heterocycles. The summed E-state index contributed by atoms with van der Waals surface area (Å²) in [7, 11) is 1.59. The zero-order valence-corrected chi connectivity index (χ0v) is 14.4. The molecule has 0 amide bonds. The van der Waals surface area contributed by atoms with Crippen LogP contribution in [0.15, 0.2) is 54.9 Å². The molecule has 4 heterocycles. The predicted octanol–water partition coefficient (Wildman–Crippen LogP) is 3.27. The van der Waals surface area contributed by atoms with Crippen LogP contribution < -0.4 is 19.5 Å². The van der Waals surface area contributed by atoms with E-state index in [1.54, 1.807) is 30.1 Å². The van der Waals surface area contributed by atoms with Crippen molar-refractivity contribution in [2.75, 3.05) is 19.2 Å². The van der Waals surface area contributed by atoms with Gasteiger partial charge >= 0.3 is 0 Å². The van der Waals surface area contributed by atoms with E-state index in [0.717, 1.165) is 34.2 Å². The molecule has 4 aromatic rings. The average Bonchev–Trinajstić information content (AvgIpc) is 3.34. The third kappa shape index (κ3) is 2.77. The summed E-state index contributed by atoms with van der Waals surface area (Å²) < 4.78 is 17.6. The van der Waals surface area contributed by atoms with Crippen molar-refractivity contribution in [1.82, 2.24) is 19.6 Å². The minimum absolute atomic E-state index is 0.245. The van der Waals surface area contributed by atoms with Crippen molar-refractivity contribution in [3.05, 3.63) is 54.9 Å². The average molecular weight is 361 g/mol. The highest BCUT2D eigenvalue weighted by molar-refractivity contribution is 5.65. The van der Waals surface area contributed by atoms with Crippen molar-refractivity contribution in [3.63, 3.8) is 0 Å². The number of fused-ring (bicyclic) bond motifs is 2. The van der Waals surface area contributed by atoms with E-state index in [1.165, 1.54) is 0 Å². The van der Waals surface area contributed by atoms with Crippen LogP contribution in [0.25, 0.3) is 16.9 Å². The molecule has 0 atom stereocenters. The lowest BCUT2D eigenvalue weighted by molar-refractivity contribution is 0.174. The minimum Gasteiger partial charge on any atom is -0.481 e. The third-order valence-corrected chi connectivity index (χ3v) is 4.25. The van der Waals surface area contributed by atoms with Crippen molar-refractivity contribution in [2.24, 2.45) is 0 Å². The number of hydrogen-bond acceptors (Lipinski definition) is 7. The Bertz CT molecular complexity index is 1120. The van der Waals surface area contributed by atoms with Gasteiger partial charge in [0.1, 0.15) is 0 Å². The maximum Gasteiger partial charge on any atom is 0.231 e. The Kier molecular flexibility index (Phi) is 3.53. The van der Waals surface area contributed by atoms with Crippen molar-refractivity contribution in [3.8, 4) is 28.6 Å². The van der Waals surface area contributed by atoms with Gasteiger partial charge in [-0.2, -0.15) is 9.61 Å². The van der Waals surface area contributed by atoms with E-state index in [0.29, 0.717) is 11.6 Å². The van der Waals surface area contributed by atoms with Crippen molar-refractivity contribution in [1.29, 1.82) is 0 Å². The number of aromatic nitrogens is 4. The summed E-state index contributed by atoms with van der Waals surface area (Å²) in [4.78, 5) is 8.63. The molecular formula is C19H15N5O3. The number of rotatable bonds is 4. The van der Waals surface area contributed by atoms with E-state index in [-0.39, 0.29) is 6.79 Å². The van der Waals surface area contributed by atoms with E-state index in [9.17, 15) is 0 Å². The molecule has 0 saturated carbocycles. The molecule has 8 nitrogen and oxygen atoms in total. The molecule has 0 radical (unpaired) electrons. The molecule has 3 aromatic heterocycles. The van der Waals surface area contributed by atoms with Gasteiger partial charge in [0.2, 0.25) is 12.7 Å². The lowest BCUT2D eigenvalue weighted by atomic mass is 10.2. The fourth-order valence-electron chi connectivity index (χ4n) is 2.89. The standard InChI is InChI=1S/C19H15N5O3/c1-25-19-7-2-12(9-21-19)14-4-6-17-20-10-18(24(17)23-14)22-13-3-5-15-16(8-13)27-11-26-15/h2-10,22H,11H2,1H3. The monoisotopic (exact) mass is 361 g/mol. The maximum atomic E-state index is 5.42. The van der Waals surface area contributed by atoms with E-state index in [4.69, 9.17) is 14.2 Å². The van der Waals surface area contributed by atoms with Crippen molar-refractivity contribution < 1.29 is 14.2 Å². The number of nitrogens with zero attached hydrogens (tertiary/aromatic N) is 4. The number of imidazole rings is 1. The highest BCUT2D eigenvalue weighted by Gasteiger charge is 2.14. The summed E-state index contributed by atoms with van der Waals surface area (Å²) in [5.74, 6) is 2.76. The summed E-state index contributed by atoms with van der Waals surface area (Å²) in [5, 5.41) is 8.00. The van der Waals surface area contributed by atoms with Gasteiger partial charge in [0.05, 0.1) is 19.0 Å². The molecule has 27 heavy (non-hydrogen) atoms. The smallest absolute Gasteiger partial charge is 0.231 e. The molecular weight excluding hydrogens is 346 g/mol. The quantitative estimate of drug-likeness (QED) is 0.597. The molecule has 8 heteroatoms. The van der Waals surface area contributed by atoms with Gasteiger partial charge in [-0.15, -0.1) is 0 Å². The van der Waals surface area contributed by atoms with E-state index in [1.807, 2.05) is 36.4 Å².